The third kappa shape index (κ3) is 8.02. The van der Waals surface area contributed by atoms with Crippen molar-refractivity contribution in [2.45, 2.75) is 11.5 Å². The van der Waals surface area contributed by atoms with E-state index in [0.29, 0.717) is 11.5 Å². The molecule has 0 spiro atoms. The molecule has 6 N–H and O–H groups in total. The van der Waals surface area contributed by atoms with E-state index in [0.717, 1.165) is 11.1 Å². The van der Waals surface area contributed by atoms with E-state index in [1.54, 1.807) is 0 Å². The molecule has 18 heavy (non-hydrogen) atoms. The molecule has 0 heterocycles. The van der Waals surface area contributed by atoms with Gasteiger partial charge in [0.05, 0.1) is 0 Å². The van der Waals surface area contributed by atoms with Crippen LogP contribution < -0.4 is 11.5 Å². The minimum absolute atomic E-state index is 0. The third-order valence-corrected chi connectivity index (χ3v) is 3.42. The minimum Gasteiger partial charge on any atom is -0.379 e. The lowest BCUT2D eigenvalue weighted by atomic mass is 10.1. The molecule has 0 saturated heterocycles. The van der Waals surface area contributed by atoms with E-state index in [2.05, 4.69) is 0 Å². The molecule has 4 nitrogen and oxygen atoms in total. The van der Waals surface area contributed by atoms with Crippen LogP contribution in [0.1, 0.15) is 11.1 Å². The molecule has 0 radical (unpaired) electrons. The van der Waals surface area contributed by atoms with Crippen LogP contribution in [0.3, 0.4) is 0 Å². The fraction of sp³-hybridized carbons (Fsp3) is 0.200. The van der Waals surface area contributed by atoms with E-state index in [4.69, 9.17) is 22.3 Å². The Kier molecular flexibility index (Phi) is 12.0. The quantitative estimate of drug-likeness (QED) is 0.448. The lowest BCUT2D eigenvalue weighted by molar-refractivity contribution is 1.29. The molecular formula is C10H16Br2N4S2. The first-order valence-electron chi connectivity index (χ1n) is 4.60. The van der Waals surface area contributed by atoms with E-state index in [1.165, 1.54) is 23.5 Å². The number of hydrogen-bond acceptors (Lipinski definition) is 4. The molecule has 1 aromatic carbocycles. The Labute approximate surface area is 136 Å². The highest BCUT2D eigenvalue weighted by atomic mass is 79.9. The van der Waals surface area contributed by atoms with Gasteiger partial charge in [0.2, 0.25) is 0 Å². The van der Waals surface area contributed by atoms with Gasteiger partial charge in [0.1, 0.15) is 0 Å². The molecule has 1 rings (SSSR count). The van der Waals surface area contributed by atoms with Gasteiger partial charge in [-0.05, 0) is 11.1 Å². The number of amidine groups is 2. The van der Waals surface area contributed by atoms with Gasteiger partial charge in [-0.3, -0.25) is 10.8 Å². The summed E-state index contributed by atoms with van der Waals surface area (Å²) in [5.41, 5.74) is 12.9. The number of rotatable bonds is 4. The number of nitrogens with two attached hydrogens (primary N) is 2. The summed E-state index contributed by atoms with van der Waals surface area (Å²) < 4.78 is 0. The second-order valence-electron chi connectivity index (χ2n) is 3.07. The van der Waals surface area contributed by atoms with Crippen molar-refractivity contribution in [1.29, 1.82) is 10.8 Å². The zero-order valence-corrected chi connectivity index (χ0v) is 14.6. The summed E-state index contributed by atoms with van der Waals surface area (Å²) in [5, 5.41) is 14.6. The first-order chi connectivity index (χ1) is 7.59. The van der Waals surface area contributed by atoms with E-state index < -0.39 is 0 Å². The van der Waals surface area contributed by atoms with Crippen LogP contribution in [-0.2, 0) is 11.5 Å². The highest BCUT2D eigenvalue weighted by molar-refractivity contribution is 8.93. The Morgan fingerprint density at radius 1 is 0.889 bits per heavy atom. The van der Waals surface area contributed by atoms with Crippen LogP contribution in [0.2, 0.25) is 0 Å². The Morgan fingerprint density at radius 2 is 1.22 bits per heavy atom. The molecule has 8 heteroatoms. The Hall–Kier alpha value is -0.180. The molecule has 0 atom stereocenters. The predicted octanol–water partition coefficient (Wildman–Crippen LogP) is 3.10. The molecule has 0 amide bonds. The zero-order chi connectivity index (χ0) is 12.0. The average Bonchev–Trinajstić information content (AvgIpc) is 2.24. The highest BCUT2D eigenvalue weighted by Gasteiger charge is 2.03. The minimum atomic E-state index is 0. The van der Waals surface area contributed by atoms with E-state index >= 15 is 0 Å². The highest BCUT2D eigenvalue weighted by Crippen LogP contribution is 2.20. The van der Waals surface area contributed by atoms with Crippen LogP contribution in [0.25, 0.3) is 0 Å². The fourth-order valence-corrected chi connectivity index (χ4v) is 2.34. The molecule has 0 aliphatic heterocycles. The molecule has 1 aromatic rings. The van der Waals surface area contributed by atoms with Crippen LogP contribution in [0, 0.1) is 10.8 Å². The molecule has 0 aliphatic carbocycles. The Balaban J connectivity index is 0. The van der Waals surface area contributed by atoms with Crippen LogP contribution in [0.5, 0.6) is 0 Å². The average molecular weight is 416 g/mol. The number of hydrogen-bond donors (Lipinski definition) is 4. The zero-order valence-electron chi connectivity index (χ0n) is 9.51. The van der Waals surface area contributed by atoms with E-state index in [-0.39, 0.29) is 44.3 Å². The fourth-order valence-electron chi connectivity index (χ4n) is 1.15. The van der Waals surface area contributed by atoms with Gasteiger partial charge < -0.3 is 11.5 Å². The summed E-state index contributed by atoms with van der Waals surface area (Å²) in [7, 11) is 0. The maximum Gasteiger partial charge on any atom is 0.151 e. The molecule has 0 fully saturated rings. The van der Waals surface area contributed by atoms with Crippen molar-refractivity contribution in [3.8, 4) is 0 Å². The van der Waals surface area contributed by atoms with Crippen LogP contribution in [0.4, 0.5) is 0 Å². The van der Waals surface area contributed by atoms with Crippen LogP contribution in [-0.4, -0.2) is 10.3 Å². The van der Waals surface area contributed by atoms with Crippen molar-refractivity contribution in [3.05, 3.63) is 35.4 Å². The SMILES string of the molecule is Br.Br.N=C(N)SCc1ccccc1CSC(=N)N. The molecule has 0 unspecified atom stereocenters. The molecule has 0 aromatic heterocycles. The van der Waals surface area contributed by atoms with Gasteiger partial charge in [-0.25, -0.2) is 0 Å². The summed E-state index contributed by atoms with van der Waals surface area (Å²) in [6.45, 7) is 0. The van der Waals surface area contributed by atoms with Crippen molar-refractivity contribution < 1.29 is 0 Å². The Bertz CT molecular complexity index is 364. The van der Waals surface area contributed by atoms with Crippen molar-refractivity contribution in [2.75, 3.05) is 0 Å². The summed E-state index contributed by atoms with van der Waals surface area (Å²) >= 11 is 2.60. The normalized spacial score (nSPS) is 8.89. The lowest BCUT2D eigenvalue weighted by Crippen LogP contribution is -2.06. The summed E-state index contributed by atoms with van der Waals surface area (Å²) in [6, 6.07) is 7.92. The summed E-state index contributed by atoms with van der Waals surface area (Å²) in [6.07, 6.45) is 0. The van der Waals surface area contributed by atoms with Crippen molar-refractivity contribution in [2.24, 2.45) is 11.5 Å². The standard InChI is InChI=1S/C10H14N4S2.2BrH/c11-9(12)15-5-7-3-1-2-4-8(7)6-16-10(13)14;;/h1-4H,5-6H2,(H3,11,12)(H3,13,14);2*1H. The van der Waals surface area contributed by atoms with Gasteiger partial charge in [-0.15, -0.1) is 34.0 Å². The maximum absolute atomic E-state index is 7.17. The first-order valence-corrected chi connectivity index (χ1v) is 6.57. The largest absolute Gasteiger partial charge is 0.379 e. The molecule has 0 bridgehead atoms. The van der Waals surface area contributed by atoms with Crippen LogP contribution in [0.15, 0.2) is 24.3 Å². The molecule has 0 aliphatic rings. The van der Waals surface area contributed by atoms with Gasteiger partial charge in [-0.1, -0.05) is 47.8 Å². The summed E-state index contributed by atoms with van der Waals surface area (Å²) in [4.78, 5) is 0. The van der Waals surface area contributed by atoms with Gasteiger partial charge in [0.15, 0.2) is 10.3 Å². The van der Waals surface area contributed by atoms with Gasteiger partial charge in [-0.2, -0.15) is 0 Å². The van der Waals surface area contributed by atoms with E-state index in [9.17, 15) is 0 Å². The maximum atomic E-state index is 7.17. The molecule has 0 saturated carbocycles. The lowest BCUT2D eigenvalue weighted by Gasteiger charge is -2.07. The number of nitrogens with one attached hydrogen (secondary N) is 2. The van der Waals surface area contributed by atoms with Gasteiger partial charge in [0.25, 0.3) is 0 Å². The Morgan fingerprint density at radius 3 is 1.50 bits per heavy atom. The number of benzene rings is 1. The van der Waals surface area contributed by atoms with Crippen molar-refractivity contribution >= 4 is 67.8 Å². The van der Waals surface area contributed by atoms with Gasteiger partial charge >= 0.3 is 0 Å². The predicted molar refractivity (Wildman–Crippen MR) is 93.5 cm³/mol. The van der Waals surface area contributed by atoms with Crippen LogP contribution >= 0.6 is 57.5 Å². The number of thioether (sulfide) groups is 2. The third-order valence-electron chi connectivity index (χ3n) is 1.88. The van der Waals surface area contributed by atoms with Crippen molar-refractivity contribution in [1.82, 2.24) is 0 Å². The van der Waals surface area contributed by atoms with E-state index in [1.807, 2.05) is 24.3 Å². The second-order valence-corrected chi connectivity index (χ2v) is 5.11. The molecule has 102 valence electrons. The second kappa shape index (κ2) is 10.7. The topological polar surface area (TPSA) is 99.7 Å². The number of halogens is 2. The smallest absolute Gasteiger partial charge is 0.151 e. The summed E-state index contributed by atoms with van der Waals surface area (Å²) in [5.74, 6) is 1.37. The first kappa shape index (κ1) is 20.1. The molecular weight excluding hydrogens is 400 g/mol. The van der Waals surface area contributed by atoms with Crippen molar-refractivity contribution in [3.63, 3.8) is 0 Å². The monoisotopic (exact) mass is 414 g/mol. The van der Waals surface area contributed by atoms with Gasteiger partial charge in [0, 0.05) is 11.5 Å².